The Morgan fingerprint density at radius 3 is 2.24 bits per heavy atom. The standard InChI is InChI=1S/C12H23NO4/c1-8(2)17-10(4)7-9(3)13-11(14)5-6-12(15)16/h8-10H,5-7H2,1-4H3,(H,13,14)(H,15,16). The summed E-state index contributed by atoms with van der Waals surface area (Å²) < 4.78 is 5.56. The Hall–Kier alpha value is -1.10. The average molecular weight is 245 g/mol. The number of carbonyl (C=O) groups excluding carboxylic acids is 1. The first-order chi connectivity index (χ1) is 7.81. The molecule has 2 atom stereocenters. The maximum atomic E-state index is 11.3. The van der Waals surface area contributed by atoms with Gasteiger partial charge < -0.3 is 15.2 Å². The second-order valence-electron chi connectivity index (χ2n) is 4.59. The van der Waals surface area contributed by atoms with Crippen LogP contribution in [0, 0.1) is 0 Å². The normalized spacial score (nSPS) is 14.4. The van der Waals surface area contributed by atoms with Crippen LogP contribution in [0.5, 0.6) is 0 Å². The minimum Gasteiger partial charge on any atom is -0.481 e. The lowest BCUT2D eigenvalue weighted by atomic mass is 10.1. The van der Waals surface area contributed by atoms with Gasteiger partial charge in [0.1, 0.15) is 0 Å². The van der Waals surface area contributed by atoms with Crippen LogP contribution in [0.15, 0.2) is 0 Å². The van der Waals surface area contributed by atoms with Crippen LogP contribution in [0.3, 0.4) is 0 Å². The Bertz CT molecular complexity index is 253. The van der Waals surface area contributed by atoms with E-state index in [1.807, 2.05) is 27.7 Å². The molecule has 0 aromatic rings. The molecular weight excluding hydrogens is 222 g/mol. The molecule has 0 aromatic carbocycles. The number of rotatable bonds is 8. The molecule has 0 fully saturated rings. The largest absolute Gasteiger partial charge is 0.481 e. The van der Waals surface area contributed by atoms with Crippen molar-refractivity contribution in [3.63, 3.8) is 0 Å². The second-order valence-corrected chi connectivity index (χ2v) is 4.59. The molecule has 0 saturated carbocycles. The topological polar surface area (TPSA) is 75.6 Å². The van der Waals surface area contributed by atoms with Gasteiger partial charge in [0.2, 0.25) is 5.91 Å². The number of hydrogen-bond donors (Lipinski definition) is 2. The van der Waals surface area contributed by atoms with Crippen molar-refractivity contribution >= 4 is 11.9 Å². The van der Waals surface area contributed by atoms with Gasteiger partial charge in [-0.3, -0.25) is 9.59 Å². The molecular formula is C12H23NO4. The quantitative estimate of drug-likeness (QED) is 0.680. The third kappa shape index (κ3) is 9.81. The smallest absolute Gasteiger partial charge is 0.303 e. The Morgan fingerprint density at radius 2 is 1.76 bits per heavy atom. The van der Waals surface area contributed by atoms with Crippen molar-refractivity contribution in [3.8, 4) is 0 Å². The van der Waals surface area contributed by atoms with Gasteiger partial charge in [-0.25, -0.2) is 0 Å². The molecule has 2 N–H and O–H groups in total. The summed E-state index contributed by atoms with van der Waals surface area (Å²) in [5, 5.41) is 11.2. The Labute approximate surface area is 103 Å². The lowest BCUT2D eigenvalue weighted by Gasteiger charge is -2.20. The fourth-order valence-corrected chi connectivity index (χ4v) is 1.64. The van der Waals surface area contributed by atoms with E-state index in [0.29, 0.717) is 0 Å². The highest BCUT2D eigenvalue weighted by Gasteiger charge is 2.13. The van der Waals surface area contributed by atoms with Crippen molar-refractivity contribution < 1.29 is 19.4 Å². The molecule has 17 heavy (non-hydrogen) atoms. The van der Waals surface area contributed by atoms with Crippen molar-refractivity contribution in [1.82, 2.24) is 5.32 Å². The molecule has 100 valence electrons. The number of ether oxygens (including phenoxy) is 1. The highest BCUT2D eigenvalue weighted by Crippen LogP contribution is 2.05. The van der Waals surface area contributed by atoms with Gasteiger partial charge >= 0.3 is 5.97 Å². The summed E-state index contributed by atoms with van der Waals surface area (Å²) in [6.45, 7) is 7.78. The molecule has 5 nitrogen and oxygen atoms in total. The predicted molar refractivity (Wildman–Crippen MR) is 64.8 cm³/mol. The zero-order chi connectivity index (χ0) is 13.4. The third-order valence-electron chi connectivity index (χ3n) is 2.16. The van der Waals surface area contributed by atoms with E-state index in [4.69, 9.17) is 9.84 Å². The van der Waals surface area contributed by atoms with E-state index in [0.717, 1.165) is 6.42 Å². The molecule has 0 aliphatic rings. The molecule has 0 radical (unpaired) electrons. The second kappa shape index (κ2) is 8.06. The summed E-state index contributed by atoms with van der Waals surface area (Å²) in [5.41, 5.74) is 0. The number of carbonyl (C=O) groups is 2. The zero-order valence-corrected chi connectivity index (χ0v) is 11.0. The summed E-state index contributed by atoms with van der Waals surface area (Å²) in [7, 11) is 0. The van der Waals surface area contributed by atoms with Crippen LogP contribution in [-0.4, -0.2) is 35.2 Å². The van der Waals surface area contributed by atoms with E-state index in [2.05, 4.69) is 5.32 Å². The Kier molecular flexibility index (Phi) is 7.54. The van der Waals surface area contributed by atoms with Crippen LogP contribution in [0.25, 0.3) is 0 Å². The van der Waals surface area contributed by atoms with E-state index in [9.17, 15) is 9.59 Å². The molecule has 0 bridgehead atoms. The summed E-state index contributed by atoms with van der Waals surface area (Å²) >= 11 is 0. The number of amides is 1. The predicted octanol–water partition coefficient (Wildman–Crippen LogP) is 1.56. The summed E-state index contributed by atoms with van der Waals surface area (Å²) in [6.07, 6.45) is 0.858. The third-order valence-corrected chi connectivity index (χ3v) is 2.16. The minimum atomic E-state index is -0.954. The van der Waals surface area contributed by atoms with Crippen LogP contribution in [0.2, 0.25) is 0 Å². The van der Waals surface area contributed by atoms with Crippen molar-refractivity contribution in [2.75, 3.05) is 0 Å². The van der Waals surface area contributed by atoms with Gasteiger partial charge in [-0.1, -0.05) is 0 Å². The van der Waals surface area contributed by atoms with Gasteiger partial charge in [0.25, 0.3) is 0 Å². The molecule has 0 aliphatic heterocycles. The number of carboxylic acid groups (broad SMARTS) is 1. The van der Waals surface area contributed by atoms with E-state index in [1.54, 1.807) is 0 Å². The summed E-state index contributed by atoms with van der Waals surface area (Å²) in [4.78, 5) is 21.6. The zero-order valence-electron chi connectivity index (χ0n) is 11.0. The van der Waals surface area contributed by atoms with Crippen molar-refractivity contribution in [1.29, 1.82) is 0 Å². The van der Waals surface area contributed by atoms with Crippen LogP contribution in [0.4, 0.5) is 0 Å². The highest BCUT2D eigenvalue weighted by atomic mass is 16.5. The van der Waals surface area contributed by atoms with Crippen LogP contribution in [-0.2, 0) is 14.3 Å². The van der Waals surface area contributed by atoms with Gasteiger partial charge in [-0.05, 0) is 34.1 Å². The lowest BCUT2D eigenvalue weighted by Crippen LogP contribution is -2.35. The van der Waals surface area contributed by atoms with Crippen molar-refractivity contribution in [2.45, 2.75) is 65.2 Å². The van der Waals surface area contributed by atoms with Crippen molar-refractivity contribution in [3.05, 3.63) is 0 Å². The molecule has 0 spiro atoms. The van der Waals surface area contributed by atoms with Gasteiger partial charge in [0.05, 0.1) is 18.6 Å². The number of hydrogen-bond acceptors (Lipinski definition) is 3. The monoisotopic (exact) mass is 245 g/mol. The molecule has 0 aliphatic carbocycles. The Balaban J connectivity index is 3.80. The van der Waals surface area contributed by atoms with Gasteiger partial charge in [-0.15, -0.1) is 0 Å². The number of aliphatic carboxylic acids is 1. The maximum Gasteiger partial charge on any atom is 0.303 e. The van der Waals surface area contributed by atoms with Crippen LogP contribution in [0.1, 0.15) is 47.0 Å². The van der Waals surface area contributed by atoms with Gasteiger partial charge in [0.15, 0.2) is 0 Å². The fourth-order valence-electron chi connectivity index (χ4n) is 1.64. The van der Waals surface area contributed by atoms with E-state index in [1.165, 1.54) is 0 Å². The van der Waals surface area contributed by atoms with Crippen molar-refractivity contribution in [2.24, 2.45) is 0 Å². The molecule has 0 rings (SSSR count). The van der Waals surface area contributed by atoms with Crippen LogP contribution >= 0.6 is 0 Å². The number of nitrogens with one attached hydrogen (secondary N) is 1. The van der Waals surface area contributed by atoms with Gasteiger partial charge in [-0.2, -0.15) is 0 Å². The van der Waals surface area contributed by atoms with E-state index in [-0.39, 0.29) is 37.0 Å². The first-order valence-electron chi connectivity index (χ1n) is 5.97. The average Bonchev–Trinajstić information content (AvgIpc) is 2.12. The van der Waals surface area contributed by atoms with Crippen LogP contribution < -0.4 is 5.32 Å². The first-order valence-corrected chi connectivity index (χ1v) is 5.97. The van der Waals surface area contributed by atoms with E-state index >= 15 is 0 Å². The minimum absolute atomic E-state index is 0.00922. The molecule has 1 amide bonds. The SMILES string of the molecule is CC(CC(C)OC(C)C)NC(=O)CCC(=O)O. The first kappa shape index (κ1) is 15.9. The lowest BCUT2D eigenvalue weighted by molar-refractivity contribution is -0.139. The Morgan fingerprint density at radius 1 is 1.18 bits per heavy atom. The molecule has 5 heteroatoms. The summed E-state index contributed by atoms with van der Waals surface area (Å²) in [6, 6.07) is -0.00922. The molecule has 0 saturated heterocycles. The summed E-state index contributed by atoms with van der Waals surface area (Å²) in [5.74, 6) is -1.18. The molecule has 0 aromatic heterocycles. The number of carboxylic acids is 1. The molecule has 0 heterocycles. The maximum absolute atomic E-state index is 11.3. The fraction of sp³-hybridized carbons (Fsp3) is 0.833. The molecule has 2 unspecified atom stereocenters. The van der Waals surface area contributed by atoms with E-state index < -0.39 is 5.97 Å². The van der Waals surface area contributed by atoms with Gasteiger partial charge in [0, 0.05) is 12.5 Å². The highest BCUT2D eigenvalue weighted by molar-refractivity contribution is 5.80.